The maximum absolute atomic E-state index is 12.6. The van der Waals surface area contributed by atoms with E-state index in [2.05, 4.69) is 26.6 Å². The molecule has 0 saturated carbocycles. The third-order valence-electron chi connectivity index (χ3n) is 4.23. The van der Waals surface area contributed by atoms with Gasteiger partial charge in [-0.3, -0.25) is 14.7 Å². The highest BCUT2D eigenvalue weighted by atomic mass is 16.5. The van der Waals surface area contributed by atoms with E-state index >= 15 is 0 Å². The van der Waals surface area contributed by atoms with Crippen molar-refractivity contribution in [2.75, 3.05) is 38.1 Å². The molecule has 6 heteroatoms. The average Bonchev–Trinajstić information content (AvgIpc) is 2.65. The second-order valence-electron chi connectivity index (χ2n) is 5.95. The Morgan fingerprint density at radius 2 is 2.24 bits per heavy atom. The van der Waals surface area contributed by atoms with Crippen molar-refractivity contribution in [2.24, 2.45) is 0 Å². The number of hydrogen-bond donors (Lipinski definition) is 2. The Labute approximate surface area is 148 Å². The van der Waals surface area contributed by atoms with Gasteiger partial charge in [0.25, 0.3) is 0 Å². The first kappa shape index (κ1) is 17.4. The molecule has 1 aliphatic heterocycles. The number of ether oxygens (including phenoxy) is 1. The molecule has 1 amide bonds. The van der Waals surface area contributed by atoms with Gasteiger partial charge in [0.05, 0.1) is 18.8 Å². The zero-order valence-corrected chi connectivity index (χ0v) is 14.4. The predicted octanol–water partition coefficient (Wildman–Crippen LogP) is 2.07. The molecule has 1 atom stereocenters. The number of amides is 1. The summed E-state index contributed by atoms with van der Waals surface area (Å²) >= 11 is 0. The van der Waals surface area contributed by atoms with Crippen LogP contribution in [0.15, 0.2) is 48.8 Å². The van der Waals surface area contributed by atoms with Crippen molar-refractivity contribution in [3.05, 3.63) is 54.4 Å². The molecule has 6 nitrogen and oxygen atoms in total. The van der Waals surface area contributed by atoms with Crippen LogP contribution in [0.5, 0.6) is 5.75 Å². The summed E-state index contributed by atoms with van der Waals surface area (Å²) < 4.78 is 5.57. The minimum absolute atomic E-state index is 0.0389. The fourth-order valence-electron chi connectivity index (χ4n) is 3.06. The largest absolute Gasteiger partial charge is 0.492 e. The van der Waals surface area contributed by atoms with Gasteiger partial charge in [-0.05, 0) is 30.7 Å². The van der Waals surface area contributed by atoms with E-state index in [0.717, 1.165) is 25.2 Å². The molecule has 1 aliphatic rings. The molecule has 1 unspecified atom stereocenters. The zero-order valence-electron chi connectivity index (χ0n) is 14.4. The quantitative estimate of drug-likeness (QED) is 0.843. The number of nitrogens with one attached hydrogen (secondary N) is 2. The summed E-state index contributed by atoms with van der Waals surface area (Å²) in [6.45, 7) is 5.33. The summed E-state index contributed by atoms with van der Waals surface area (Å²) in [5, 5.41) is 6.36. The van der Waals surface area contributed by atoms with Gasteiger partial charge in [-0.2, -0.15) is 0 Å². The third kappa shape index (κ3) is 4.55. The van der Waals surface area contributed by atoms with Crippen LogP contribution in [0.2, 0.25) is 0 Å². The lowest BCUT2D eigenvalue weighted by atomic mass is 10.1. The van der Waals surface area contributed by atoms with Crippen molar-refractivity contribution in [3.8, 4) is 5.75 Å². The van der Waals surface area contributed by atoms with Gasteiger partial charge in [-0.15, -0.1) is 0 Å². The lowest BCUT2D eigenvalue weighted by molar-refractivity contribution is -0.118. The number of anilines is 1. The molecule has 25 heavy (non-hydrogen) atoms. The number of para-hydroxylation sites is 2. The number of nitrogens with zero attached hydrogens (tertiary/aromatic N) is 2. The van der Waals surface area contributed by atoms with Crippen LogP contribution in [-0.4, -0.2) is 48.6 Å². The molecule has 0 radical (unpaired) electrons. The van der Waals surface area contributed by atoms with Gasteiger partial charge in [-0.25, -0.2) is 0 Å². The second-order valence-corrected chi connectivity index (χ2v) is 5.95. The first-order valence-electron chi connectivity index (χ1n) is 8.64. The summed E-state index contributed by atoms with van der Waals surface area (Å²) in [6, 6.07) is 11.6. The van der Waals surface area contributed by atoms with E-state index in [9.17, 15) is 4.79 Å². The Balaban J connectivity index is 1.67. The lowest BCUT2D eigenvalue weighted by Gasteiger charge is -2.35. The fraction of sp³-hybridized carbons (Fsp3) is 0.368. The molecule has 0 bridgehead atoms. The summed E-state index contributed by atoms with van der Waals surface area (Å²) in [5.41, 5.74) is 1.83. The summed E-state index contributed by atoms with van der Waals surface area (Å²) in [4.78, 5) is 19.0. The third-order valence-corrected chi connectivity index (χ3v) is 4.23. The van der Waals surface area contributed by atoms with E-state index in [-0.39, 0.29) is 11.9 Å². The van der Waals surface area contributed by atoms with Crippen LogP contribution in [0.1, 0.15) is 18.5 Å². The zero-order chi connectivity index (χ0) is 17.5. The van der Waals surface area contributed by atoms with Crippen LogP contribution in [0.25, 0.3) is 0 Å². The van der Waals surface area contributed by atoms with Crippen molar-refractivity contribution in [1.82, 2.24) is 15.2 Å². The van der Waals surface area contributed by atoms with Gasteiger partial charge in [-0.1, -0.05) is 18.2 Å². The number of aromatic nitrogens is 1. The monoisotopic (exact) mass is 340 g/mol. The Bertz CT molecular complexity index is 693. The van der Waals surface area contributed by atoms with E-state index in [1.807, 2.05) is 43.5 Å². The Morgan fingerprint density at radius 1 is 1.36 bits per heavy atom. The van der Waals surface area contributed by atoms with Gasteiger partial charge < -0.3 is 15.4 Å². The molecule has 132 valence electrons. The van der Waals surface area contributed by atoms with Crippen LogP contribution in [0, 0.1) is 0 Å². The van der Waals surface area contributed by atoms with Gasteiger partial charge in [0.2, 0.25) is 5.91 Å². The van der Waals surface area contributed by atoms with Crippen molar-refractivity contribution in [3.63, 3.8) is 0 Å². The summed E-state index contributed by atoms with van der Waals surface area (Å²) in [6.07, 6.45) is 3.63. The maximum atomic E-state index is 12.6. The van der Waals surface area contributed by atoms with Crippen LogP contribution in [-0.2, 0) is 4.79 Å². The molecule has 0 spiro atoms. The molecular weight excluding hydrogens is 316 g/mol. The van der Waals surface area contributed by atoms with Gasteiger partial charge in [0.1, 0.15) is 5.75 Å². The number of benzene rings is 1. The predicted molar refractivity (Wildman–Crippen MR) is 97.7 cm³/mol. The van der Waals surface area contributed by atoms with E-state index < -0.39 is 0 Å². The molecule has 0 aliphatic carbocycles. The van der Waals surface area contributed by atoms with Gasteiger partial charge in [0, 0.05) is 38.1 Å². The van der Waals surface area contributed by atoms with Crippen LogP contribution in [0.4, 0.5) is 5.69 Å². The van der Waals surface area contributed by atoms with Crippen molar-refractivity contribution < 1.29 is 9.53 Å². The number of hydrogen-bond acceptors (Lipinski definition) is 5. The van der Waals surface area contributed by atoms with Crippen LogP contribution in [0.3, 0.4) is 0 Å². The number of rotatable bonds is 6. The summed E-state index contributed by atoms with van der Waals surface area (Å²) in [5.74, 6) is 0.658. The Morgan fingerprint density at radius 3 is 3.04 bits per heavy atom. The molecular formula is C19H24N4O2. The van der Waals surface area contributed by atoms with E-state index in [1.54, 1.807) is 6.20 Å². The summed E-state index contributed by atoms with van der Waals surface area (Å²) in [7, 11) is 0. The Hall–Kier alpha value is -2.44. The van der Waals surface area contributed by atoms with Crippen molar-refractivity contribution in [1.29, 1.82) is 0 Å². The van der Waals surface area contributed by atoms with Crippen LogP contribution >= 0.6 is 0 Å². The highest BCUT2D eigenvalue weighted by molar-refractivity contribution is 5.93. The molecule has 2 aromatic rings. The van der Waals surface area contributed by atoms with Gasteiger partial charge in [0.15, 0.2) is 0 Å². The van der Waals surface area contributed by atoms with Gasteiger partial charge >= 0.3 is 0 Å². The number of piperazine rings is 1. The number of carbonyl (C=O) groups excluding carboxylic acids is 1. The van der Waals surface area contributed by atoms with Crippen molar-refractivity contribution in [2.45, 2.75) is 13.0 Å². The fourth-order valence-corrected chi connectivity index (χ4v) is 3.06. The van der Waals surface area contributed by atoms with E-state index in [1.165, 1.54) is 0 Å². The molecule has 3 rings (SSSR count). The first-order valence-corrected chi connectivity index (χ1v) is 8.64. The Kier molecular flexibility index (Phi) is 5.98. The smallest absolute Gasteiger partial charge is 0.238 e. The average molecular weight is 340 g/mol. The number of carbonyl (C=O) groups is 1. The standard InChI is InChI=1S/C19H24N4O2/c1-2-25-18-8-4-3-7-16(18)22-19(24)14-23-11-10-21-13-17(23)15-6-5-9-20-12-15/h3-9,12,17,21H,2,10-11,13-14H2,1H3,(H,22,24). The molecule has 1 fully saturated rings. The van der Waals surface area contributed by atoms with Crippen LogP contribution < -0.4 is 15.4 Å². The minimum atomic E-state index is -0.0389. The normalized spacial score (nSPS) is 17.9. The second kappa shape index (κ2) is 8.60. The SMILES string of the molecule is CCOc1ccccc1NC(=O)CN1CCNCC1c1cccnc1. The van der Waals surface area contributed by atoms with Crippen molar-refractivity contribution >= 4 is 11.6 Å². The van der Waals surface area contributed by atoms with E-state index in [0.29, 0.717) is 24.6 Å². The molecule has 1 aromatic carbocycles. The first-order chi connectivity index (χ1) is 12.3. The van der Waals surface area contributed by atoms with E-state index in [4.69, 9.17) is 4.74 Å². The highest BCUT2D eigenvalue weighted by Crippen LogP contribution is 2.25. The minimum Gasteiger partial charge on any atom is -0.492 e. The molecule has 2 N–H and O–H groups in total. The molecule has 1 saturated heterocycles. The molecule has 1 aromatic heterocycles. The topological polar surface area (TPSA) is 66.5 Å². The number of pyridine rings is 1. The maximum Gasteiger partial charge on any atom is 0.238 e. The lowest BCUT2D eigenvalue weighted by Crippen LogP contribution is -2.48. The molecule has 2 heterocycles. The highest BCUT2D eigenvalue weighted by Gasteiger charge is 2.25.